The number of hydrogen-bond acceptors (Lipinski definition) is 3. The minimum atomic E-state index is -0.340. The second-order valence-corrected chi connectivity index (χ2v) is 6.18. The SMILES string of the molecule is Cc1cccc(CSCC(=O)NC(CO)c2ccccc2)c1. The minimum absolute atomic E-state index is 0.0550. The molecular weight excluding hydrogens is 294 g/mol. The largest absolute Gasteiger partial charge is 0.394 e. The van der Waals surface area contributed by atoms with Gasteiger partial charge < -0.3 is 10.4 Å². The second kappa shape index (κ2) is 8.61. The van der Waals surface area contributed by atoms with Gasteiger partial charge in [0.25, 0.3) is 0 Å². The van der Waals surface area contributed by atoms with Crippen molar-refractivity contribution in [3.05, 3.63) is 71.3 Å². The smallest absolute Gasteiger partial charge is 0.230 e. The highest BCUT2D eigenvalue weighted by Crippen LogP contribution is 2.15. The van der Waals surface area contributed by atoms with E-state index in [1.807, 2.05) is 36.4 Å². The van der Waals surface area contributed by atoms with Crippen molar-refractivity contribution < 1.29 is 9.90 Å². The van der Waals surface area contributed by atoms with E-state index in [0.717, 1.165) is 11.3 Å². The zero-order chi connectivity index (χ0) is 15.8. The number of hydrogen-bond donors (Lipinski definition) is 2. The molecule has 1 amide bonds. The molecule has 2 aromatic rings. The molecule has 2 N–H and O–H groups in total. The first-order valence-corrected chi connectivity index (χ1v) is 8.43. The topological polar surface area (TPSA) is 49.3 Å². The summed E-state index contributed by atoms with van der Waals surface area (Å²) in [6, 6.07) is 17.5. The summed E-state index contributed by atoms with van der Waals surface area (Å²) in [4.78, 5) is 12.0. The molecule has 0 saturated carbocycles. The first kappa shape index (κ1) is 16.6. The maximum absolute atomic E-state index is 12.0. The van der Waals surface area contributed by atoms with E-state index < -0.39 is 0 Å². The molecule has 0 aliphatic heterocycles. The zero-order valence-electron chi connectivity index (χ0n) is 12.7. The van der Waals surface area contributed by atoms with Crippen LogP contribution in [0.1, 0.15) is 22.7 Å². The number of carbonyl (C=O) groups excluding carboxylic acids is 1. The van der Waals surface area contributed by atoms with Gasteiger partial charge in [-0.3, -0.25) is 4.79 Å². The summed E-state index contributed by atoms with van der Waals surface area (Å²) in [5.41, 5.74) is 3.37. The lowest BCUT2D eigenvalue weighted by Gasteiger charge is -2.16. The van der Waals surface area contributed by atoms with Gasteiger partial charge in [0.1, 0.15) is 0 Å². The number of nitrogens with one attached hydrogen (secondary N) is 1. The highest BCUT2D eigenvalue weighted by atomic mass is 32.2. The van der Waals surface area contributed by atoms with E-state index in [1.165, 1.54) is 11.1 Å². The van der Waals surface area contributed by atoms with Gasteiger partial charge in [-0.15, -0.1) is 11.8 Å². The van der Waals surface area contributed by atoms with Crippen LogP contribution < -0.4 is 5.32 Å². The first-order valence-electron chi connectivity index (χ1n) is 7.27. The predicted molar refractivity (Wildman–Crippen MR) is 91.8 cm³/mol. The summed E-state index contributed by atoms with van der Waals surface area (Å²) in [7, 11) is 0. The van der Waals surface area contributed by atoms with Crippen molar-refractivity contribution in [1.29, 1.82) is 0 Å². The van der Waals surface area contributed by atoms with Crippen molar-refractivity contribution in [2.45, 2.75) is 18.7 Å². The molecule has 0 aliphatic rings. The molecular formula is C18H21NO2S. The fourth-order valence-electron chi connectivity index (χ4n) is 2.22. The lowest BCUT2D eigenvalue weighted by atomic mass is 10.1. The van der Waals surface area contributed by atoms with Gasteiger partial charge in [-0.05, 0) is 18.1 Å². The lowest BCUT2D eigenvalue weighted by Crippen LogP contribution is -2.32. The van der Waals surface area contributed by atoms with Crippen LogP contribution in [0.15, 0.2) is 54.6 Å². The van der Waals surface area contributed by atoms with Gasteiger partial charge >= 0.3 is 0 Å². The van der Waals surface area contributed by atoms with Crippen LogP contribution in [-0.2, 0) is 10.5 Å². The van der Waals surface area contributed by atoms with Crippen molar-refractivity contribution in [2.24, 2.45) is 0 Å². The van der Waals surface area contributed by atoms with E-state index in [1.54, 1.807) is 11.8 Å². The van der Waals surface area contributed by atoms with Crippen LogP contribution >= 0.6 is 11.8 Å². The van der Waals surface area contributed by atoms with Crippen molar-refractivity contribution in [1.82, 2.24) is 5.32 Å². The van der Waals surface area contributed by atoms with Crippen molar-refractivity contribution in [2.75, 3.05) is 12.4 Å². The van der Waals surface area contributed by atoms with Gasteiger partial charge in [0.2, 0.25) is 5.91 Å². The number of thioether (sulfide) groups is 1. The molecule has 2 aromatic carbocycles. The Morgan fingerprint density at radius 3 is 2.64 bits per heavy atom. The van der Waals surface area contributed by atoms with Crippen LogP contribution in [0.4, 0.5) is 0 Å². The Kier molecular flexibility index (Phi) is 6.49. The number of amides is 1. The normalized spacial score (nSPS) is 11.9. The molecule has 3 nitrogen and oxygen atoms in total. The summed E-state index contributed by atoms with van der Waals surface area (Å²) in [6.07, 6.45) is 0. The van der Waals surface area contributed by atoms with Crippen LogP contribution in [0.2, 0.25) is 0 Å². The van der Waals surface area contributed by atoms with Crippen molar-refractivity contribution in [3.63, 3.8) is 0 Å². The van der Waals surface area contributed by atoms with Gasteiger partial charge in [0.05, 0.1) is 18.4 Å². The maximum Gasteiger partial charge on any atom is 0.230 e. The van der Waals surface area contributed by atoms with Crippen molar-refractivity contribution >= 4 is 17.7 Å². The third-order valence-corrected chi connectivity index (χ3v) is 4.31. The quantitative estimate of drug-likeness (QED) is 0.825. The molecule has 4 heteroatoms. The zero-order valence-corrected chi connectivity index (χ0v) is 13.5. The Morgan fingerprint density at radius 2 is 1.95 bits per heavy atom. The first-order chi connectivity index (χ1) is 10.7. The molecule has 1 unspecified atom stereocenters. The molecule has 0 radical (unpaired) electrons. The van der Waals surface area contributed by atoms with Crippen LogP contribution in [0.3, 0.4) is 0 Å². The number of aliphatic hydroxyl groups is 1. The van der Waals surface area contributed by atoms with Crippen LogP contribution in [-0.4, -0.2) is 23.4 Å². The molecule has 0 saturated heterocycles. The standard InChI is InChI=1S/C18H21NO2S/c1-14-6-5-7-15(10-14)12-22-13-18(21)19-17(11-20)16-8-3-2-4-9-16/h2-10,17,20H,11-13H2,1H3,(H,19,21). The van der Waals surface area contributed by atoms with Crippen LogP contribution in [0, 0.1) is 6.92 Å². The number of aryl methyl sites for hydroxylation is 1. The average molecular weight is 315 g/mol. The number of rotatable bonds is 7. The molecule has 0 aromatic heterocycles. The predicted octanol–water partition coefficient (Wildman–Crippen LogP) is 3.08. The van der Waals surface area contributed by atoms with E-state index in [-0.39, 0.29) is 18.6 Å². The molecule has 0 fully saturated rings. The summed E-state index contributed by atoms with van der Waals surface area (Å²) in [5, 5.41) is 12.3. The molecule has 2 rings (SSSR count). The highest BCUT2D eigenvalue weighted by molar-refractivity contribution is 7.99. The number of benzene rings is 2. The van der Waals surface area contributed by atoms with E-state index in [0.29, 0.717) is 5.75 Å². The molecule has 1 atom stereocenters. The second-order valence-electron chi connectivity index (χ2n) is 5.20. The highest BCUT2D eigenvalue weighted by Gasteiger charge is 2.13. The van der Waals surface area contributed by atoms with Crippen LogP contribution in [0.5, 0.6) is 0 Å². The van der Waals surface area contributed by atoms with Gasteiger partial charge in [0.15, 0.2) is 0 Å². The molecule has 0 heterocycles. The Hall–Kier alpha value is -1.78. The molecule has 0 aliphatic carbocycles. The third kappa shape index (κ3) is 5.20. The maximum atomic E-state index is 12.0. The molecule has 0 spiro atoms. The van der Waals surface area contributed by atoms with E-state index in [4.69, 9.17) is 0 Å². The Bertz CT molecular complexity index is 601. The van der Waals surface area contributed by atoms with E-state index in [2.05, 4.69) is 30.4 Å². The molecule has 0 bridgehead atoms. The minimum Gasteiger partial charge on any atom is -0.394 e. The Balaban J connectivity index is 1.80. The average Bonchev–Trinajstić information content (AvgIpc) is 2.53. The van der Waals surface area contributed by atoms with E-state index in [9.17, 15) is 9.90 Å². The summed E-state index contributed by atoms with van der Waals surface area (Å²) >= 11 is 1.58. The van der Waals surface area contributed by atoms with Gasteiger partial charge in [0, 0.05) is 5.75 Å². The fraction of sp³-hybridized carbons (Fsp3) is 0.278. The number of carbonyl (C=O) groups is 1. The summed E-state index contributed by atoms with van der Waals surface area (Å²) in [6.45, 7) is 1.96. The van der Waals surface area contributed by atoms with Crippen molar-refractivity contribution in [3.8, 4) is 0 Å². The van der Waals surface area contributed by atoms with Gasteiger partial charge in [-0.1, -0.05) is 60.2 Å². The van der Waals surface area contributed by atoms with Crippen LogP contribution in [0.25, 0.3) is 0 Å². The summed E-state index contributed by atoms with van der Waals surface area (Å²) < 4.78 is 0. The fourth-order valence-corrected chi connectivity index (χ4v) is 3.01. The van der Waals surface area contributed by atoms with E-state index >= 15 is 0 Å². The third-order valence-electron chi connectivity index (χ3n) is 3.30. The monoisotopic (exact) mass is 315 g/mol. The lowest BCUT2D eigenvalue weighted by molar-refractivity contribution is -0.119. The summed E-state index contributed by atoms with van der Waals surface area (Å²) in [5.74, 6) is 1.14. The molecule has 116 valence electrons. The number of aliphatic hydroxyl groups excluding tert-OH is 1. The molecule has 22 heavy (non-hydrogen) atoms. The Labute approximate surface area is 135 Å². The van der Waals surface area contributed by atoms with Gasteiger partial charge in [-0.25, -0.2) is 0 Å². The Morgan fingerprint density at radius 1 is 1.18 bits per heavy atom. The van der Waals surface area contributed by atoms with Gasteiger partial charge in [-0.2, -0.15) is 0 Å².